The Labute approximate surface area is 127 Å². The van der Waals surface area contributed by atoms with Gasteiger partial charge in [0.15, 0.2) is 0 Å². The van der Waals surface area contributed by atoms with Crippen molar-refractivity contribution >= 4 is 5.97 Å². The second-order valence-electron chi connectivity index (χ2n) is 5.85. The van der Waals surface area contributed by atoms with Crippen molar-refractivity contribution in [2.24, 2.45) is 5.92 Å². The Hall–Kier alpha value is -1.39. The van der Waals surface area contributed by atoms with Crippen LogP contribution < -0.4 is 5.32 Å². The van der Waals surface area contributed by atoms with Crippen molar-refractivity contribution in [1.82, 2.24) is 10.2 Å². The lowest BCUT2D eigenvalue weighted by molar-refractivity contribution is 0.0697. The molecule has 1 aromatic rings. The van der Waals surface area contributed by atoms with E-state index in [-0.39, 0.29) is 0 Å². The molecular formula is C17H26N2O2. The molecule has 21 heavy (non-hydrogen) atoms. The van der Waals surface area contributed by atoms with Crippen molar-refractivity contribution in [3.05, 3.63) is 35.4 Å². The van der Waals surface area contributed by atoms with Gasteiger partial charge in [0.05, 0.1) is 5.56 Å². The molecule has 0 saturated carbocycles. The van der Waals surface area contributed by atoms with Crippen LogP contribution in [0.25, 0.3) is 0 Å². The lowest BCUT2D eigenvalue weighted by Crippen LogP contribution is -2.34. The second kappa shape index (κ2) is 8.15. The fraction of sp³-hybridized carbons (Fsp3) is 0.588. The van der Waals surface area contributed by atoms with Crippen molar-refractivity contribution in [1.29, 1.82) is 0 Å². The summed E-state index contributed by atoms with van der Waals surface area (Å²) in [5.74, 6) is -0.0115. The highest BCUT2D eigenvalue weighted by molar-refractivity contribution is 5.87. The first-order valence-corrected chi connectivity index (χ1v) is 7.94. The average molecular weight is 290 g/mol. The predicted octanol–water partition coefficient (Wildman–Crippen LogP) is 2.60. The highest BCUT2D eigenvalue weighted by Gasteiger charge is 2.17. The number of rotatable bonds is 7. The summed E-state index contributed by atoms with van der Waals surface area (Å²) in [7, 11) is 0. The molecule has 1 fully saturated rings. The van der Waals surface area contributed by atoms with Crippen LogP contribution in [0.3, 0.4) is 0 Å². The van der Waals surface area contributed by atoms with Gasteiger partial charge in [0, 0.05) is 6.54 Å². The van der Waals surface area contributed by atoms with Gasteiger partial charge in [-0.3, -0.25) is 0 Å². The number of hydrogen-bond donors (Lipinski definition) is 2. The molecule has 4 nitrogen and oxygen atoms in total. The molecule has 2 rings (SSSR count). The van der Waals surface area contributed by atoms with Crippen LogP contribution in [0.2, 0.25) is 0 Å². The minimum atomic E-state index is -0.868. The molecular weight excluding hydrogens is 264 g/mol. The zero-order chi connectivity index (χ0) is 15.1. The van der Waals surface area contributed by atoms with E-state index >= 15 is 0 Å². The third-order valence-corrected chi connectivity index (χ3v) is 4.41. The summed E-state index contributed by atoms with van der Waals surface area (Å²) in [4.78, 5) is 13.3. The van der Waals surface area contributed by atoms with Crippen molar-refractivity contribution in [3.63, 3.8) is 0 Å². The Kier molecular flexibility index (Phi) is 6.21. The predicted molar refractivity (Wildman–Crippen MR) is 84.6 cm³/mol. The van der Waals surface area contributed by atoms with Crippen molar-refractivity contribution in [3.8, 4) is 0 Å². The van der Waals surface area contributed by atoms with Gasteiger partial charge in [0.25, 0.3) is 0 Å². The molecule has 0 atom stereocenters. The second-order valence-corrected chi connectivity index (χ2v) is 5.85. The molecule has 0 spiro atoms. The van der Waals surface area contributed by atoms with E-state index in [2.05, 4.69) is 17.1 Å². The number of benzene rings is 1. The number of carbonyl (C=O) groups is 1. The van der Waals surface area contributed by atoms with E-state index in [9.17, 15) is 4.79 Å². The number of nitrogens with one attached hydrogen (secondary N) is 1. The smallest absolute Gasteiger partial charge is 0.335 e. The van der Waals surface area contributed by atoms with E-state index in [4.69, 9.17) is 5.11 Å². The minimum Gasteiger partial charge on any atom is -0.478 e. The summed E-state index contributed by atoms with van der Waals surface area (Å²) >= 11 is 0. The molecule has 0 aliphatic carbocycles. The molecule has 1 aromatic carbocycles. The SMILES string of the molecule is CCN1CCC(CCNCc2ccc(C(=O)O)cc2)CC1. The minimum absolute atomic E-state index is 0.349. The fourth-order valence-corrected chi connectivity index (χ4v) is 2.90. The number of aromatic carboxylic acids is 1. The van der Waals surface area contributed by atoms with Gasteiger partial charge in [-0.25, -0.2) is 4.79 Å². The van der Waals surface area contributed by atoms with E-state index < -0.39 is 5.97 Å². The van der Waals surface area contributed by atoms with Gasteiger partial charge in [-0.1, -0.05) is 19.1 Å². The molecule has 1 aliphatic rings. The van der Waals surface area contributed by atoms with Crippen LogP contribution in [0.5, 0.6) is 0 Å². The van der Waals surface area contributed by atoms with Gasteiger partial charge < -0.3 is 15.3 Å². The number of hydrogen-bond acceptors (Lipinski definition) is 3. The molecule has 1 aliphatic heterocycles. The van der Waals surface area contributed by atoms with Crippen LogP contribution in [0.4, 0.5) is 0 Å². The number of carboxylic acid groups (broad SMARTS) is 1. The molecule has 0 radical (unpaired) electrons. The highest BCUT2D eigenvalue weighted by Crippen LogP contribution is 2.19. The van der Waals surface area contributed by atoms with Crippen molar-refractivity contribution in [2.45, 2.75) is 32.7 Å². The van der Waals surface area contributed by atoms with E-state index in [1.54, 1.807) is 12.1 Å². The zero-order valence-corrected chi connectivity index (χ0v) is 12.8. The maximum Gasteiger partial charge on any atom is 0.335 e. The van der Waals surface area contributed by atoms with Gasteiger partial charge in [0.2, 0.25) is 0 Å². The summed E-state index contributed by atoms with van der Waals surface area (Å²) in [5, 5.41) is 12.3. The van der Waals surface area contributed by atoms with Crippen LogP contribution in [-0.2, 0) is 6.54 Å². The number of carboxylic acids is 1. The molecule has 0 unspecified atom stereocenters. The van der Waals surface area contributed by atoms with E-state index in [0.717, 1.165) is 24.6 Å². The summed E-state index contributed by atoms with van der Waals surface area (Å²) in [5.41, 5.74) is 1.49. The summed E-state index contributed by atoms with van der Waals surface area (Å²) in [6.07, 6.45) is 3.89. The largest absolute Gasteiger partial charge is 0.478 e. The normalized spacial score (nSPS) is 17.0. The van der Waals surface area contributed by atoms with Crippen LogP contribution in [0.1, 0.15) is 42.1 Å². The number of likely N-dealkylation sites (tertiary alicyclic amines) is 1. The lowest BCUT2D eigenvalue weighted by atomic mass is 9.93. The van der Waals surface area contributed by atoms with Gasteiger partial charge in [0.1, 0.15) is 0 Å². The summed E-state index contributed by atoms with van der Waals surface area (Å²) in [6.45, 7) is 7.76. The third-order valence-electron chi connectivity index (χ3n) is 4.41. The highest BCUT2D eigenvalue weighted by atomic mass is 16.4. The molecule has 1 heterocycles. The van der Waals surface area contributed by atoms with Gasteiger partial charge in [-0.15, -0.1) is 0 Å². The van der Waals surface area contributed by atoms with Gasteiger partial charge >= 0.3 is 5.97 Å². The third kappa shape index (κ3) is 5.14. The topological polar surface area (TPSA) is 52.6 Å². The van der Waals surface area contributed by atoms with Crippen LogP contribution in [0.15, 0.2) is 24.3 Å². The van der Waals surface area contributed by atoms with Crippen molar-refractivity contribution < 1.29 is 9.90 Å². The quantitative estimate of drug-likeness (QED) is 0.758. The zero-order valence-electron chi connectivity index (χ0n) is 12.8. The maximum absolute atomic E-state index is 10.8. The Morgan fingerprint density at radius 2 is 1.95 bits per heavy atom. The van der Waals surface area contributed by atoms with E-state index in [1.807, 2.05) is 12.1 Å². The fourth-order valence-electron chi connectivity index (χ4n) is 2.90. The Morgan fingerprint density at radius 3 is 2.52 bits per heavy atom. The Morgan fingerprint density at radius 1 is 1.29 bits per heavy atom. The lowest BCUT2D eigenvalue weighted by Gasteiger charge is -2.31. The molecule has 0 bridgehead atoms. The molecule has 2 N–H and O–H groups in total. The first-order valence-electron chi connectivity index (χ1n) is 7.94. The first kappa shape index (κ1) is 16.0. The monoisotopic (exact) mass is 290 g/mol. The summed E-state index contributed by atoms with van der Waals surface area (Å²) in [6, 6.07) is 7.10. The molecule has 4 heteroatoms. The van der Waals surface area contributed by atoms with E-state index in [1.165, 1.54) is 38.9 Å². The van der Waals surface area contributed by atoms with E-state index in [0.29, 0.717) is 5.56 Å². The van der Waals surface area contributed by atoms with Crippen molar-refractivity contribution in [2.75, 3.05) is 26.2 Å². The Bertz CT molecular complexity index is 437. The number of nitrogens with zero attached hydrogens (tertiary/aromatic N) is 1. The molecule has 116 valence electrons. The van der Waals surface area contributed by atoms with Gasteiger partial charge in [-0.05, 0) is 69.1 Å². The molecule has 0 amide bonds. The molecule has 0 aromatic heterocycles. The van der Waals surface area contributed by atoms with Crippen LogP contribution in [-0.4, -0.2) is 42.2 Å². The Balaban J connectivity index is 1.62. The van der Waals surface area contributed by atoms with Gasteiger partial charge in [-0.2, -0.15) is 0 Å². The van der Waals surface area contributed by atoms with Crippen LogP contribution in [0, 0.1) is 5.92 Å². The first-order chi connectivity index (χ1) is 10.2. The average Bonchev–Trinajstić information content (AvgIpc) is 2.52. The molecule has 1 saturated heterocycles. The van der Waals surface area contributed by atoms with Crippen LogP contribution >= 0.6 is 0 Å². The maximum atomic E-state index is 10.8. The summed E-state index contributed by atoms with van der Waals surface area (Å²) < 4.78 is 0. The standard InChI is InChI=1S/C17H26N2O2/c1-2-19-11-8-14(9-12-19)7-10-18-13-15-3-5-16(6-4-15)17(20)21/h3-6,14,18H,2,7-13H2,1H3,(H,20,21). The number of piperidine rings is 1.